The van der Waals surface area contributed by atoms with Crippen molar-refractivity contribution in [2.75, 3.05) is 43.1 Å². The Labute approximate surface area is 208 Å². The average molecular weight is 516 g/mol. The van der Waals surface area contributed by atoms with E-state index in [9.17, 15) is 18.0 Å². The highest BCUT2D eigenvalue weighted by atomic mass is 32.2. The predicted octanol–water partition coefficient (Wildman–Crippen LogP) is 1.01. The highest BCUT2D eigenvalue weighted by molar-refractivity contribution is 7.91. The van der Waals surface area contributed by atoms with Gasteiger partial charge in [0.15, 0.2) is 15.5 Å². The van der Waals surface area contributed by atoms with Crippen molar-refractivity contribution >= 4 is 39.1 Å². The summed E-state index contributed by atoms with van der Waals surface area (Å²) in [6.45, 7) is 1.43. The molecule has 36 heavy (non-hydrogen) atoms. The van der Waals surface area contributed by atoms with Crippen LogP contribution in [-0.4, -0.2) is 79.0 Å². The molecule has 1 fully saturated rings. The quantitative estimate of drug-likeness (QED) is 0.430. The molecule has 2 aliphatic rings. The molecule has 0 unspecified atom stereocenters. The van der Waals surface area contributed by atoms with Gasteiger partial charge in [0.1, 0.15) is 5.69 Å². The predicted molar refractivity (Wildman–Crippen MR) is 134 cm³/mol. The summed E-state index contributed by atoms with van der Waals surface area (Å²) < 4.78 is 31.8. The van der Waals surface area contributed by atoms with Crippen LogP contribution in [0, 0.1) is 5.41 Å². The zero-order valence-electron chi connectivity index (χ0n) is 19.7. The minimum atomic E-state index is -3.39. The number of hydrogen-bond acceptors (Lipinski definition) is 9. The van der Waals surface area contributed by atoms with Crippen LogP contribution in [0.4, 0.5) is 5.69 Å². The van der Waals surface area contributed by atoms with E-state index in [-0.39, 0.29) is 41.2 Å². The maximum Gasteiger partial charge on any atom is 0.274 e. The first kappa shape index (κ1) is 25.5. The van der Waals surface area contributed by atoms with E-state index in [1.807, 2.05) is 0 Å². The zero-order chi connectivity index (χ0) is 25.5. The van der Waals surface area contributed by atoms with Gasteiger partial charge in [0.2, 0.25) is 0 Å². The highest BCUT2D eigenvalue weighted by Gasteiger charge is 2.24. The second-order valence-corrected chi connectivity index (χ2v) is 10.8. The molecule has 2 aromatic rings. The first-order chi connectivity index (χ1) is 17.4. The van der Waals surface area contributed by atoms with Crippen molar-refractivity contribution < 1.29 is 22.7 Å². The monoisotopic (exact) mass is 515 g/mol. The Kier molecular flexibility index (Phi) is 8.10. The summed E-state index contributed by atoms with van der Waals surface area (Å²) in [4.78, 5) is 30.4. The van der Waals surface area contributed by atoms with E-state index in [0.29, 0.717) is 50.3 Å². The van der Waals surface area contributed by atoms with Crippen molar-refractivity contribution in [3.63, 3.8) is 0 Å². The van der Waals surface area contributed by atoms with E-state index in [2.05, 4.69) is 26.0 Å². The fourth-order valence-electron chi connectivity index (χ4n) is 3.97. The second-order valence-electron chi connectivity index (χ2n) is 8.54. The van der Waals surface area contributed by atoms with Gasteiger partial charge < -0.3 is 26.1 Å². The van der Waals surface area contributed by atoms with Crippen molar-refractivity contribution in [2.45, 2.75) is 25.3 Å². The van der Waals surface area contributed by atoms with Crippen LogP contribution >= 0.6 is 0 Å². The van der Waals surface area contributed by atoms with Crippen LogP contribution in [0.3, 0.4) is 0 Å². The summed E-state index contributed by atoms with van der Waals surface area (Å²) >= 11 is 0. The van der Waals surface area contributed by atoms with Crippen LogP contribution < -0.4 is 16.0 Å². The maximum atomic E-state index is 13.1. The lowest BCUT2D eigenvalue weighted by Gasteiger charge is -2.22. The SMILES string of the molecule is N=C/C1=C\NCCCS(=O)(=O)CCNC(=O)c2nn(C3CCOCC3)cc2NC(=O)c2cccc1n2. The van der Waals surface area contributed by atoms with Crippen molar-refractivity contribution in [3.05, 3.63) is 47.7 Å². The Morgan fingerprint density at radius 3 is 2.64 bits per heavy atom. The Bertz CT molecular complexity index is 1270. The van der Waals surface area contributed by atoms with Crippen molar-refractivity contribution in [2.24, 2.45) is 0 Å². The number of allylic oxidation sites excluding steroid dienone is 1. The highest BCUT2D eigenvalue weighted by Crippen LogP contribution is 2.24. The van der Waals surface area contributed by atoms with Crippen LogP contribution in [0.25, 0.3) is 5.57 Å². The lowest BCUT2D eigenvalue weighted by atomic mass is 10.1. The number of sulfone groups is 1. The number of hydrogen-bond donors (Lipinski definition) is 4. The van der Waals surface area contributed by atoms with E-state index in [1.54, 1.807) is 35.3 Å². The molecular weight excluding hydrogens is 486 g/mol. The number of rotatable bonds is 2. The summed E-state index contributed by atoms with van der Waals surface area (Å²) in [6, 6.07) is 4.87. The molecule has 4 heterocycles. The van der Waals surface area contributed by atoms with Gasteiger partial charge in [-0.05, 0) is 31.4 Å². The molecule has 2 aliphatic heterocycles. The number of pyridine rings is 1. The van der Waals surface area contributed by atoms with Crippen molar-refractivity contribution in [1.29, 1.82) is 5.41 Å². The third-order valence-corrected chi connectivity index (χ3v) is 7.66. The fourth-order valence-corrected chi connectivity index (χ4v) is 5.17. The number of nitrogens with one attached hydrogen (secondary N) is 4. The summed E-state index contributed by atoms with van der Waals surface area (Å²) in [5.74, 6) is -1.38. The lowest BCUT2D eigenvalue weighted by molar-refractivity contribution is 0.0660. The molecule has 1 saturated heterocycles. The number of fused-ring (bicyclic) bond motifs is 3. The van der Waals surface area contributed by atoms with E-state index >= 15 is 0 Å². The first-order valence-electron chi connectivity index (χ1n) is 11.7. The van der Waals surface area contributed by atoms with E-state index in [0.717, 1.165) is 6.21 Å². The molecule has 13 heteroatoms. The number of aromatic nitrogens is 3. The minimum Gasteiger partial charge on any atom is -0.390 e. The number of anilines is 1. The molecule has 4 rings (SSSR count). The standard InChI is InChI=1S/C23H29N7O5S/c24-13-16-14-25-7-2-11-36(33,34)12-8-26-23(32)21-20(15-30(29-21)17-5-9-35-10-6-17)28-22(31)19-4-1-3-18(16)27-19/h1,3-4,13-15,17,24-25H,2,5-12H2,(H,26,32)(H,28,31)/b16-14+,24-13?. The van der Waals surface area contributed by atoms with Gasteiger partial charge in [0, 0.05) is 50.5 Å². The number of nitrogens with zero attached hydrogens (tertiary/aromatic N) is 3. The first-order valence-corrected chi connectivity index (χ1v) is 13.6. The van der Waals surface area contributed by atoms with E-state index in [1.165, 1.54) is 0 Å². The third kappa shape index (κ3) is 6.34. The molecule has 12 nitrogen and oxygen atoms in total. The topological polar surface area (TPSA) is 168 Å². The van der Waals surface area contributed by atoms with E-state index < -0.39 is 21.7 Å². The Hall–Kier alpha value is -3.58. The van der Waals surface area contributed by atoms with E-state index in [4.69, 9.17) is 10.1 Å². The van der Waals surface area contributed by atoms with Crippen LogP contribution in [0.1, 0.15) is 52.0 Å². The van der Waals surface area contributed by atoms with Gasteiger partial charge in [0.25, 0.3) is 11.8 Å². The van der Waals surface area contributed by atoms with Crippen LogP contribution in [-0.2, 0) is 14.6 Å². The van der Waals surface area contributed by atoms with Crippen LogP contribution in [0.2, 0.25) is 0 Å². The molecule has 0 atom stereocenters. The molecule has 2 bridgehead atoms. The molecule has 0 aliphatic carbocycles. The van der Waals surface area contributed by atoms with Gasteiger partial charge in [-0.25, -0.2) is 13.4 Å². The molecule has 0 spiro atoms. The second kappa shape index (κ2) is 11.4. The Morgan fingerprint density at radius 1 is 1.08 bits per heavy atom. The van der Waals surface area contributed by atoms with Gasteiger partial charge in [-0.15, -0.1) is 0 Å². The smallest absolute Gasteiger partial charge is 0.274 e. The van der Waals surface area contributed by atoms with Gasteiger partial charge in [0.05, 0.1) is 28.9 Å². The lowest BCUT2D eigenvalue weighted by Crippen LogP contribution is -2.31. The maximum absolute atomic E-state index is 13.1. The van der Waals surface area contributed by atoms with Crippen molar-refractivity contribution in [3.8, 4) is 0 Å². The van der Waals surface area contributed by atoms with Crippen LogP contribution in [0.5, 0.6) is 0 Å². The normalized spacial score (nSPS) is 21.4. The molecule has 192 valence electrons. The van der Waals surface area contributed by atoms with Gasteiger partial charge in [-0.3, -0.25) is 14.3 Å². The minimum absolute atomic E-state index is 0.00575. The molecule has 4 N–H and O–H groups in total. The van der Waals surface area contributed by atoms with Crippen LogP contribution in [0.15, 0.2) is 30.6 Å². The summed E-state index contributed by atoms with van der Waals surface area (Å²) in [5.41, 5.74) is 1.13. The zero-order valence-corrected chi connectivity index (χ0v) is 20.5. The summed E-state index contributed by atoms with van der Waals surface area (Å²) in [7, 11) is -3.39. The largest absolute Gasteiger partial charge is 0.390 e. The van der Waals surface area contributed by atoms with Gasteiger partial charge in [-0.1, -0.05) is 6.07 Å². The number of ether oxygens (including phenoxy) is 1. The van der Waals surface area contributed by atoms with Crippen molar-refractivity contribution in [1.82, 2.24) is 25.4 Å². The molecule has 0 radical (unpaired) electrons. The number of carbonyl (C=O) groups excluding carboxylic acids is 2. The fraction of sp³-hybridized carbons (Fsp3) is 0.435. The van der Waals surface area contributed by atoms with Gasteiger partial charge in [-0.2, -0.15) is 5.10 Å². The molecule has 0 aromatic carbocycles. The Morgan fingerprint density at radius 2 is 1.86 bits per heavy atom. The summed E-state index contributed by atoms with van der Waals surface area (Å²) in [6.07, 6.45) is 6.06. The third-order valence-electron chi connectivity index (χ3n) is 5.93. The molecule has 0 saturated carbocycles. The summed E-state index contributed by atoms with van der Waals surface area (Å²) in [5, 5.41) is 20.5. The molecule has 2 aromatic heterocycles. The average Bonchev–Trinajstić information content (AvgIpc) is 3.30. The Balaban J connectivity index is 1.68. The number of carbonyl (C=O) groups is 2. The number of amides is 2. The van der Waals surface area contributed by atoms with Gasteiger partial charge >= 0.3 is 0 Å². The molecule has 2 amide bonds. The molecular formula is C23H29N7O5S.